The second kappa shape index (κ2) is 6.80. The number of nitrogens with zero attached hydrogens (tertiary/aromatic N) is 1. The average Bonchev–Trinajstić information content (AvgIpc) is 2.67. The van der Waals surface area contributed by atoms with E-state index in [1.165, 1.54) is 33.0 Å². The lowest BCUT2D eigenvalue weighted by atomic mass is 9.91. The highest BCUT2D eigenvalue weighted by molar-refractivity contribution is 6.32. The molecule has 0 aliphatic heterocycles. The van der Waals surface area contributed by atoms with Crippen LogP contribution >= 0.6 is 0 Å². The van der Waals surface area contributed by atoms with E-state index in [9.17, 15) is 0 Å². The van der Waals surface area contributed by atoms with Gasteiger partial charge in [0.25, 0.3) is 0 Å². The smallest absolute Gasteiger partial charge is 0.163 e. The van der Waals surface area contributed by atoms with Crippen LogP contribution in [0.5, 0.6) is 0 Å². The van der Waals surface area contributed by atoms with E-state index in [1.54, 1.807) is 0 Å². The fraction of sp³-hybridized carbons (Fsp3) is 0.125. The SMILES string of the molecule is Bc1cc2ccccc2c(-c2cc(-c3ccccc3)cc(C(C)C)c2)n1. The summed E-state index contributed by atoms with van der Waals surface area (Å²) in [5, 5.41) is 2.45. The fourth-order valence-electron chi connectivity index (χ4n) is 3.47. The van der Waals surface area contributed by atoms with Crippen molar-refractivity contribution in [1.82, 2.24) is 4.98 Å². The van der Waals surface area contributed by atoms with Crippen molar-refractivity contribution in [3.63, 3.8) is 0 Å². The molecule has 0 spiro atoms. The third-order valence-electron chi connectivity index (χ3n) is 4.87. The van der Waals surface area contributed by atoms with Crippen LogP contribution in [-0.4, -0.2) is 12.8 Å². The molecule has 0 bridgehead atoms. The monoisotopic (exact) mass is 335 g/mol. The zero-order valence-electron chi connectivity index (χ0n) is 15.5. The Labute approximate surface area is 156 Å². The van der Waals surface area contributed by atoms with Gasteiger partial charge in [0.05, 0.1) is 5.69 Å². The molecule has 4 rings (SSSR count). The van der Waals surface area contributed by atoms with Crippen LogP contribution in [0, 0.1) is 0 Å². The van der Waals surface area contributed by atoms with E-state index in [2.05, 4.69) is 101 Å². The van der Waals surface area contributed by atoms with Gasteiger partial charge in [-0.2, -0.15) is 0 Å². The Morgan fingerprint density at radius 1 is 0.731 bits per heavy atom. The van der Waals surface area contributed by atoms with Crippen molar-refractivity contribution >= 4 is 24.2 Å². The van der Waals surface area contributed by atoms with Gasteiger partial charge in [0, 0.05) is 10.9 Å². The summed E-state index contributed by atoms with van der Waals surface area (Å²) in [6.45, 7) is 4.49. The summed E-state index contributed by atoms with van der Waals surface area (Å²) in [6.07, 6.45) is 0. The number of aromatic nitrogens is 1. The van der Waals surface area contributed by atoms with Crippen LogP contribution in [0.4, 0.5) is 0 Å². The van der Waals surface area contributed by atoms with E-state index in [0.717, 1.165) is 11.3 Å². The molecule has 0 radical (unpaired) electrons. The van der Waals surface area contributed by atoms with Crippen LogP contribution in [0.1, 0.15) is 25.3 Å². The molecule has 0 fully saturated rings. The van der Waals surface area contributed by atoms with Gasteiger partial charge in [0.15, 0.2) is 7.85 Å². The summed E-state index contributed by atoms with van der Waals surface area (Å²) in [5.74, 6) is 0.466. The van der Waals surface area contributed by atoms with Crippen LogP contribution in [0.15, 0.2) is 78.9 Å². The molecular formula is C24H22BN. The van der Waals surface area contributed by atoms with Gasteiger partial charge < -0.3 is 0 Å². The summed E-state index contributed by atoms with van der Waals surface area (Å²) < 4.78 is 0. The minimum atomic E-state index is 0.466. The first-order chi connectivity index (χ1) is 12.6. The molecule has 0 amide bonds. The fourth-order valence-corrected chi connectivity index (χ4v) is 3.47. The first kappa shape index (κ1) is 16.6. The Morgan fingerprint density at radius 2 is 1.42 bits per heavy atom. The van der Waals surface area contributed by atoms with Crippen molar-refractivity contribution in [3.8, 4) is 22.4 Å². The third kappa shape index (κ3) is 3.15. The highest BCUT2D eigenvalue weighted by Gasteiger charge is 2.11. The Bertz CT molecular complexity index is 1070. The number of hydrogen-bond donors (Lipinski definition) is 0. The minimum Gasteiger partial charge on any atom is -0.263 e. The molecule has 1 nitrogen and oxygen atoms in total. The van der Waals surface area contributed by atoms with Crippen molar-refractivity contribution in [2.45, 2.75) is 19.8 Å². The van der Waals surface area contributed by atoms with Crippen molar-refractivity contribution in [2.24, 2.45) is 0 Å². The standard InChI is InChI=1S/C24H22BN/c1-16(2)19-12-20(17-8-4-3-5-9-17)14-21(13-19)24-22-11-7-6-10-18(22)15-23(25)26-24/h3-16H,25H2,1-2H3. The number of rotatable bonds is 3. The molecule has 1 aromatic heterocycles. The Morgan fingerprint density at radius 3 is 2.19 bits per heavy atom. The van der Waals surface area contributed by atoms with E-state index >= 15 is 0 Å². The van der Waals surface area contributed by atoms with Crippen LogP contribution < -0.4 is 5.59 Å². The molecule has 0 aliphatic carbocycles. The molecular weight excluding hydrogens is 313 g/mol. The van der Waals surface area contributed by atoms with Gasteiger partial charge >= 0.3 is 0 Å². The maximum atomic E-state index is 4.91. The predicted molar refractivity (Wildman–Crippen MR) is 115 cm³/mol. The molecule has 0 aliphatic rings. The van der Waals surface area contributed by atoms with Crippen LogP contribution in [0.25, 0.3) is 33.2 Å². The summed E-state index contributed by atoms with van der Waals surface area (Å²) >= 11 is 0. The molecule has 0 atom stereocenters. The molecule has 1 heterocycles. The molecule has 0 unspecified atom stereocenters. The summed E-state index contributed by atoms with van der Waals surface area (Å²) in [6, 6.07) is 28.1. The van der Waals surface area contributed by atoms with Gasteiger partial charge in [-0.3, -0.25) is 4.98 Å². The van der Waals surface area contributed by atoms with E-state index in [0.29, 0.717) is 5.92 Å². The molecule has 26 heavy (non-hydrogen) atoms. The van der Waals surface area contributed by atoms with Crippen molar-refractivity contribution in [2.75, 3.05) is 0 Å². The third-order valence-corrected chi connectivity index (χ3v) is 4.87. The zero-order chi connectivity index (χ0) is 18.1. The van der Waals surface area contributed by atoms with Crippen molar-refractivity contribution < 1.29 is 0 Å². The normalized spacial score (nSPS) is 11.2. The van der Waals surface area contributed by atoms with Crippen LogP contribution in [0.3, 0.4) is 0 Å². The Kier molecular flexibility index (Phi) is 4.34. The summed E-state index contributed by atoms with van der Waals surface area (Å²) in [4.78, 5) is 4.91. The highest BCUT2D eigenvalue weighted by atomic mass is 14.7. The van der Waals surface area contributed by atoms with Gasteiger partial charge in [-0.25, -0.2) is 0 Å². The summed E-state index contributed by atoms with van der Waals surface area (Å²) in [7, 11) is 2.07. The Balaban J connectivity index is 1.99. The zero-order valence-corrected chi connectivity index (χ0v) is 15.5. The van der Waals surface area contributed by atoms with Crippen molar-refractivity contribution in [3.05, 3.63) is 84.4 Å². The average molecular weight is 335 g/mol. The lowest BCUT2D eigenvalue weighted by Gasteiger charge is -2.14. The number of fused-ring (bicyclic) bond motifs is 1. The van der Waals surface area contributed by atoms with E-state index in [-0.39, 0.29) is 0 Å². The van der Waals surface area contributed by atoms with Crippen LogP contribution in [-0.2, 0) is 0 Å². The van der Waals surface area contributed by atoms with E-state index in [1.807, 2.05) is 0 Å². The van der Waals surface area contributed by atoms with Crippen molar-refractivity contribution in [1.29, 1.82) is 0 Å². The molecule has 0 saturated heterocycles. The van der Waals surface area contributed by atoms with Gasteiger partial charge in [-0.05, 0) is 51.8 Å². The molecule has 4 aromatic rings. The number of pyridine rings is 1. The lowest BCUT2D eigenvalue weighted by molar-refractivity contribution is 0.867. The number of benzene rings is 3. The van der Waals surface area contributed by atoms with Gasteiger partial charge in [0.1, 0.15) is 0 Å². The van der Waals surface area contributed by atoms with Gasteiger partial charge in [0.2, 0.25) is 0 Å². The minimum absolute atomic E-state index is 0.466. The van der Waals surface area contributed by atoms with E-state index < -0.39 is 0 Å². The molecule has 126 valence electrons. The van der Waals surface area contributed by atoms with Gasteiger partial charge in [-0.15, -0.1) is 0 Å². The first-order valence-electron chi connectivity index (χ1n) is 9.19. The topological polar surface area (TPSA) is 12.9 Å². The second-order valence-electron chi connectivity index (χ2n) is 7.20. The largest absolute Gasteiger partial charge is 0.263 e. The summed E-state index contributed by atoms with van der Waals surface area (Å²) in [5.41, 5.74) is 7.14. The maximum absolute atomic E-state index is 4.91. The van der Waals surface area contributed by atoms with Crippen LogP contribution in [0.2, 0.25) is 0 Å². The Hall–Kier alpha value is -2.87. The van der Waals surface area contributed by atoms with Gasteiger partial charge in [-0.1, -0.05) is 74.5 Å². The lowest BCUT2D eigenvalue weighted by Crippen LogP contribution is -2.09. The predicted octanol–water partition coefficient (Wildman–Crippen LogP) is 4.95. The molecule has 2 heteroatoms. The second-order valence-corrected chi connectivity index (χ2v) is 7.20. The number of hydrogen-bond acceptors (Lipinski definition) is 1. The van der Waals surface area contributed by atoms with E-state index in [4.69, 9.17) is 4.98 Å². The first-order valence-corrected chi connectivity index (χ1v) is 9.19. The molecule has 3 aromatic carbocycles. The molecule has 0 saturated carbocycles. The maximum Gasteiger partial charge on any atom is 0.163 e. The molecule has 0 N–H and O–H groups in total. The quantitative estimate of drug-likeness (QED) is 0.483. The highest BCUT2D eigenvalue weighted by Crippen LogP contribution is 2.33.